The Balaban J connectivity index is 1.96. The molecule has 0 aliphatic carbocycles. The standard InChI is InChI=1S/C14H22N4/c1-12(2)11-15-7-9-17(3)14-6-4-5-13-16-8-10-18(13)14/h4-6,8,10,12,15H,7,9,11H2,1-3H3. The van der Waals surface area contributed by atoms with E-state index in [1.807, 2.05) is 18.5 Å². The van der Waals surface area contributed by atoms with Crippen molar-refractivity contribution in [2.24, 2.45) is 5.92 Å². The van der Waals surface area contributed by atoms with Gasteiger partial charge in [-0.05, 0) is 24.6 Å². The van der Waals surface area contributed by atoms with Gasteiger partial charge in [0.25, 0.3) is 0 Å². The molecule has 4 heteroatoms. The summed E-state index contributed by atoms with van der Waals surface area (Å²) in [4.78, 5) is 6.55. The molecule has 0 atom stereocenters. The van der Waals surface area contributed by atoms with Crippen molar-refractivity contribution in [1.82, 2.24) is 14.7 Å². The SMILES string of the molecule is CC(C)CNCCN(C)c1cccc2nccn12. The summed E-state index contributed by atoms with van der Waals surface area (Å²) in [5.41, 5.74) is 0.995. The molecule has 0 radical (unpaired) electrons. The van der Waals surface area contributed by atoms with Crippen molar-refractivity contribution in [3.05, 3.63) is 30.6 Å². The Morgan fingerprint density at radius 1 is 1.39 bits per heavy atom. The van der Waals surface area contributed by atoms with Crippen LogP contribution in [-0.4, -0.2) is 36.1 Å². The van der Waals surface area contributed by atoms with E-state index < -0.39 is 0 Å². The third-order valence-corrected chi connectivity index (χ3v) is 2.97. The summed E-state index contributed by atoms with van der Waals surface area (Å²) < 4.78 is 2.11. The maximum atomic E-state index is 4.30. The van der Waals surface area contributed by atoms with Gasteiger partial charge < -0.3 is 10.2 Å². The number of hydrogen-bond acceptors (Lipinski definition) is 3. The van der Waals surface area contributed by atoms with Crippen LogP contribution in [0.25, 0.3) is 5.65 Å². The van der Waals surface area contributed by atoms with E-state index in [-0.39, 0.29) is 0 Å². The molecule has 0 fully saturated rings. The lowest BCUT2D eigenvalue weighted by Gasteiger charge is -2.21. The van der Waals surface area contributed by atoms with Gasteiger partial charge in [-0.3, -0.25) is 4.40 Å². The number of nitrogens with zero attached hydrogens (tertiary/aromatic N) is 3. The van der Waals surface area contributed by atoms with Crippen molar-refractivity contribution in [2.75, 3.05) is 31.6 Å². The Bertz CT molecular complexity index is 489. The Morgan fingerprint density at radius 2 is 2.22 bits per heavy atom. The molecular weight excluding hydrogens is 224 g/mol. The van der Waals surface area contributed by atoms with E-state index in [0.29, 0.717) is 5.92 Å². The molecule has 0 saturated carbocycles. The van der Waals surface area contributed by atoms with Gasteiger partial charge in [-0.2, -0.15) is 0 Å². The highest BCUT2D eigenvalue weighted by Crippen LogP contribution is 2.14. The molecule has 0 spiro atoms. The zero-order valence-corrected chi connectivity index (χ0v) is 11.4. The second kappa shape index (κ2) is 5.87. The van der Waals surface area contributed by atoms with Crippen LogP contribution in [0.2, 0.25) is 0 Å². The summed E-state index contributed by atoms with van der Waals surface area (Å²) >= 11 is 0. The van der Waals surface area contributed by atoms with Crippen LogP contribution in [0.4, 0.5) is 5.82 Å². The van der Waals surface area contributed by atoms with Gasteiger partial charge in [0.2, 0.25) is 0 Å². The molecule has 1 N–H and O–H groups in total. The topological polar surface area (TPSA) is 32.6 Å². The molecule has 0 aliphatic heterocycles. The monoisotopic (exact) mass is 246 g/mol. The fourth-order valence-electron chi connectivity index (χ4n) is 2.00. The van der Waals surface area contributed by atoms with Gasteiger partial charge in [0.05, 0.1) is 0 Å². The molecule has 0 bridgehead atoms. The number of rotatable bonds is 6. The van der Waals surface area contributed by atoms with E-state index >= 15 is 0 Å². The largest absolute Gasteiger partial charge is 0.359 e. The molecule has 4 nitrogen and oxygen atoms in total. The minimum Gasteiger partial charge on any atom is -0.359 e. The number of fused-ring (bicyclic) bond motifs is 1. The first-order valence-corrected chi connectivity index (χ1v) is 6.52. The molecule has 2 heterocycles. The minimum atomic E-state index is 0.701. The number of hydrogen-bond donors (Lipinski definition) is 1. The molecule has 2 aromatic heterocycles. The van der Waals surface area contributed by atoms with Gasteiger partial charge in [0, 0.05) is 32.5 Å². The molecule has 2 rings (SSSR count). The Hall–Kier alpha value is -1.55. The molecule has 2 aromatic rings. The van der Waals surface area contributed by atoms with Gasteiger partial charge in [-0.15, -0.1) is 0 Å². The molecule has 0 unspecified atom stereocenters. The van der Waals surface area contributed by atoms with Crippen LogP contribution in [0, 0.1) is 5.92 Å². The molecule has 0 amide bonds. The molecular formula is C14H22N4. The first-order chi connectivity index (χ1) is 8.68. The van der Waals surface area contributed by atoms with Gasteiger partial charge in [-0.1, -0.05) is 19.9 Å². The van der Waals surface area contributed by atoms with Crippen LogP contribution in [0.1, 0.15) is 13.8 Å². The molecule has 0 aromatic carbocycles. The van der Waals surface area contributed by atoms with Crippen molar-refractivity contribution < 1.29 is 0 Å². The third-order valence-electron chi connectivity index (χ3n) is 2.97. The van der Waals surface area contributed by atoms with E-state index in [9.17, 15) is 0 Å². The zero-order chi connectivity index (χ0) is 13.0. The lowest BCUT2D eigenvalue weighted by Crippen LogP contribution is -2.31. The quantitative estimate of drug-likeness (QED) is 0.791. The molecule has 98 valence electrons. The molecule has 0 saturated heterocycles. The zero-order valence-electron chi connectivity index (χ0n) is 11.4. The fraction of sp³-hybridized carbons (Fsp3) is 0.500. The first-order valence-electron chi connectivity index (χ1n) is 6.52. The Kier molecular flexibility index (Phi) is 4.20. The lowest BCUT2D eigenvalue weighted by molar-refractivity contribution is 0.553. The van der Waals surface area contributed by atoms with Crippen molar-refractivity contribution in [3.63, 3.8) is 0 Å². The maximum absolute atomic E-state index is 4.30. The average Bonchev–Trinajstić information content (AvgIpc) is 2.82. The number of aromatic nitrogens is 2. The number of nitrogens with one attached hydrogen (secondary N) is 1. The highest BCUT2D eigenvalue weighted by Gasteiger charge is 2.05. The normalized spacial score (nSPS) is 11.3. The van der Waals surface area contributed by atoms with Crippen LogP contribution >= 0.6 is 0 Å². The summed E-state index contributed by atoms with van der Waals surface area (Å²) in [5.74, 6) is 1.88. The van der Waals surface area contributed by atoms with Gasteiger partial charge in [0.15, 0.2) is 0 Å². The van der Waals surface area contributed by atoms with Crippen LogP contribution in [0.3, 0.4) is 0 Å². The van der Waals surface area contributed by atoms with Crippen LogP contribution in [0.5, 0.6) is 0 Å². The maximum Gasteiger partial charge on any atom is 0.138 e. The first kappa shape index (κ1) is 12.9. The van der Waals surface area contributed by atoms with Gasteiger partial charge in [-0.25, -0.2) is 4.98 Å². The molecule has 18 heavy (non-hydrogen) atoms. The predicted molar refractivity (Wildman–Crippen MR) is 76.2 cm³/mol. The Labute approximate surface area is 109 Å². The van der Waals surface area contributed by atoms with Crippen LogP contribution in [-0.2, 0) is 0 Å². The third kappa shape index (κ3) is 3.01. The van der Waals surface area contributed by atoms with Crippen LogP contribution in [0.15, 0.2) is 30.6 Å². The molecule has 0 aliphatic rings. The fourth-order valence-corrected chi connectivity index (χ4v) is 2.00. The predicted octanol–water partition coefficient (Wildman–Crippen LogP) is 2.02. The summed E-state index contributed by atoms with van der Waals surface area (Å²) in [6, 6.07) is 6.20. The number of anilines is 1. The highest BCUT2D eigenvalue weighted by molar-refractivity contribution is 5.51. The van der Waals surface area contributed by atoms with E-state index in [4.69, 9.17) is 0 Å². The van der Waals surface area contributed by atoms with Gasteiger partial charge in [0.1, 0.15) is 11.5 Å². The Morgan fingerprint density at radius 3 is 3.00 bits per heavy atom. The second-order valence-corrected chi connectivity index (χ2v) is 5.06. The average molecular weight is 246 g/mol. The summed E-state index contributed by atoms with van der Waals surface area (Å²) in [6.45, 7) is 7.51. The van der Waals surface area contributed by atoms with E-state index in [1.165, 1.54) is 5.82 Å². The minimum absolute atomic E-state index is 0.701. The van der Waals surface area contributed by atoms with Crippen LogP contribution < -0.4 is 10.2 Å². The van der Waals surface area contributed by atoms with E-state index in [2.05, 4.69) is 52.6 Å². The highest BCUT2D eigenvalue weighted by atomic mass is 15.2. The van der Waals surface area contributed by atoms with E-state index in [0.717, 1.165) is 25.3 Å². The number of likely N-dealkylation sites (N-methyl/N-ethyl adjacent to an activating group) is 1. The second-order valence-electron chi connectivity index (χ2n) is 5.06. The van der Waals surface area contributed by atoms with Crippen molar-refractivity contribution >= 4 is 11.5 Å². The van der Waals surface area contributed by atoms with Crippen molar-refractivity contribution in [1.29, 1.82) is 0 Å². The van der Waals surface area contributed by atoms with Crippen molar-refractivity contribution in [2.45, 2.75) is 13.8 Å². The van der Waals surface area contributed by atoms with Crippen molar-refractivity contribution in [3.8, 4) is 0 Å². The summed E-state index contributed by atoms with van der Waals surface area (Å²) in [7, 11) is 2.12. The lowest BCUT2D eigenvalue weighted by atomic mass is 10.2. The summed E-state index contributed by atoms with van der Waals surface area (Å²) in [6.07, 6.45) is 3.84. The summed E-state index contributed by atoms with van der Waals surface area (Å²) in [5, 5.41) is 3.46. The van der Waals surface area contributed by atoms with Gasteiger partial charge >= 0.3 is 0 Å². The van der Waals surface area contributed by atoms with E-state index in [1.54, 1.807) is 0 Å². The number of imidazole rings is 1. The smallest absolute Gasteiger partial charge is 0.138 e. The number of pyridine rings is 1.